The summed E-state index contributed by atoms with van der Waals surface area (Å²) in [6.07, 6.45) is 2.82. The maximum atomic E-state index is 12.7. The predicted molar refractivity (Wildman–Crippen MR) is 87.2 cm³/mol. The molecule has 1 heterocycles. The second kappa shape index (κ2) is 5.99. The minimum atomic E-state index is -0.949. The van der Waals surface area contributed by atoms with E-state index in [9.17, 15) is 9.59 Å². The number of fused-ring (bicyclic) bond motifs is 2. The molecule has 1 aliphatic rings. The summed E-state index contributed by atoms with van der Waals surface area (Å²) in [5.74, 6) is -1.14. The van der Waals surface area contributed by atoms with Crippen molar-refractivity contribution in [1.82, 2.24) is 4.98 Å². The zero-order chi connectivity index (χ0) is 16.6. The number of nitrogens with zero attached hydrogens (tertiary/aromatic N) is 1. The monoisotopic (exact) mass is 312 g/mol. The van der Waals surface area contributed by atoms with Crippen LogP contribution in [0.2, 0.25) is 0 Å². The molecule has 3 rings (SSSR count). The summed E-state index contributed by atoms with van der Waals surface area (Å²) in [5.41, 5.74) is 9.51. The molecule has 23 heavy (non-hydrogen) atoms. The fourth-order valence-corrected chi connectivity index (χ4v) is 3.05. The molecule has 120 valence electrons. The van der Waals surface area contributed by atoms with Gasteiger partial charge in [-0.3, -0.25) is 9.78 Å². The van der Waals surface area contributed by atoms with E-state index < -0.39 is 18.0 Å². The number of pyridine rings is 1. The van der Waals surface area contributed by atoms with Crippen molar-refractivity contribution in [3.63, 3.8) is 0 Å². The van der Waals surface area contributed by atoms with Gasteiger partial charge < -0.3 is 10.5 Å². The Labute approximate surface area is 134 Å². The Hall–Kier alpha value is -2.43. The molecule has 1 aromatic heterocycles. The third-order valence-corrected chi connectivity index (χ3v) is 4.31. The van der Waals surface area contributed by atoms with E-state index in [-0.39, 0.29) is 0 Å². The van der Waals surface area contributed by atoms with Crippen LogP contribution in [0.1, 0.15) is 46.9 Å². The van der Waals surface area contributed by atoms with Crippen LogP contribution < -0.4 is 5.73 Å². The van der Waals surface area contributed by atoms with Gasteiger partial charge in [0.1, 0.15) is 0 Å². The van der Waals surface area contributed by atoms with Crippen molar-refractivity contribution in [2.75, 3.05) is 0 Å². The van der Waals surface area contributed by atoms with Crippen LogP contribution in [0.25, 0.3) is 10.9 Å². The van der Waals surface area contributed by atoms with Crippen LogP contribution >= 0.6 is 0 Å². The summed E-state index contributed by atoms with van der Waals surface area (Å²) in [7, 11) is 0. The molecule has 2 aromatic rings. The molecule has 0 fully saturated rings. The lowest BCUT2D eigenvalue weighted by Crippen LogP contribution is -2.31. The molecule has 1 aliphatic carbocycles. The molecule has 0 spiro atoms. The number of hydrogen-bond acceptors (Lipinski definition) is 4. The maximum Gasteiger partial charge on any atom is 0.339 e. The number of carbonyl (C=O) groups excluding carboxylic acids is 2. The molecule has 5 heteroatoms. The van der Waals surface area contributed by atoms with Gasteiger partial charge in [0.2, 0.25) is 0 Å². The van der Waals surface area contributed by atoms with Gasteiger partial charge in [0.05, 0.1) is 11.1 Å². The Balaban J connectivity index is 2.17. The molecule has 0 radical (unpaired) electrons. The second-order valence-corrected chi connectivity index (χ2v) is 6.09. The summed E-state index contributed by atoms with van der Waals surface area (Å²) in [6.45, 7) is 3.46. The van der Waals surface area contributed by atoms with Gasteiger partial charge in [0.15, 0.2) is 6.10 Å². The Morgan fingerprint density at radius 1 is 1.26 bits per heavy atom. The highest BCUT2D eigenvalue weighted by Crippen LogP contribution is 2.30. The zero-order valence-electron chi connectivity index (χ0n) is 13.4. The first-order chi connectivity index (χ1) is 11.0. The van der Waals surface area contributed by atoms with E-state index in [1.807, 2.05) is 25.1 Å². The average Bonchev–Trinajstić information content (AvgIpc) is 2.52. The lowest BCUT2D eigenvalue weighted by atomic mass is 9.89. The third kappa shape index (κ3) is 2.91. The number of rotatable bonds is 3. The van der Waals surface area contributed by atoms with Gasteiger partial charge in [-0.1, -0.05) is 11.6 Å². The number of esters is 1. The predicted octanol–water partition coefficient (Wildman–Crippen LogP) is 2.45. The SMILES string of the molecule is Cc1ccc2nc3c(c(C(=O)OC(C)C(N)=O)c2c1)CCCC3. The molecule has 0 bridgehead atoms. The van der Waals surface area contributed by atoms with Crippen molar-refractivity contribution in [3.05, 3.63) is 40.6 Å². The number of ether oxygens (including phenoxy) is 1. The lowest BCUT2D eigenvalue weighted by Gasteiger charge is -2.21. The smallest absolute Gasteiger partial charge is 0.339 e. The van der Waals surface area contributed by atoms with E-state index in [4.69, 9.17) is 15.5 Å². The molecular weight excluding hydrogens is 292 g/mol. The number of aromatic nitrogens is 1. The zero-order valence-corrected chi connectivity index (χ0v) is 13.4. The van der Waals surface area contributed by atoms with Crippen molar-refractivity contribution in [2.24, 2.45) is 5.73 Å². The van der Waals surface area contributed by atoms with E-state index >= 15 is 0 Å². The molecule has 1 unspecified atom stereocenters. The number of carbonyl (C=O) groups is 2. The topological polar surface area (TPSA) is 82.3 Å². The Morgan fingerprint density at radius 2 is 2.00 bits per heavy atom. The first kappa shape index (κ1) is 15.5. The van der Waals surface area contributed by atoms with Crippen LogP contribution in [-0.2, 0) is 22.4 Å². The third-order valence-electron chi connectivity index (χ3n) is 4.31. The van der Waals surface area contributed by atoms with Crippen molar-refractivity contribution >= 4 is 22.8 Å². The number of amides is 1. The van der Waals surface area contributed by atoms with Crippen LogP contribution in [0.4, 0.5) is 0 Å². The highest BCUT2D eigenvalue weighted by atomic mass is 16.5. The van der Waals surface area contributed by atoms with Crippen LogP contribution in [0.5, 0.6) is 0 Å². The second-order valence-electron chi connectivity index (χ2n) is 6.09. The molecular formula is C18H20N2O3. The summed E-state index contributed by atoms with van der Waals surface area (Å²) >= 11 is 0. The van der Waals surface area contributed by atoms with E-state index in [1.54, 1.807) is 0 Å². The number of primary amides is 1. The highest BCUT2D eigenvalue weighted by Gasteiger charge is 2.25. The Bertz CT molecular complexity index is 798. The van der Waals surface area contributed by atoms with Gasteiger partial charge in [-0.05, 0) is 57.2 Å². The number of hydrogen-bond donors (Lipinski definition) is 1. The first-order valence-corrected chi connectivity index (χ1v) is 7.90. The molecule has 1 atom stereocenters. The van der Waals surface area contributed by atoms with Gasteiger partial charge in [-0.15, -0.1) is 0 Å². The van der Waals surface area contributed by atoms with E-state index in [0.717, 1.165) is 53.4 Å². The van der Waals surface area contributed by atoms with Crippen LogP contribution in [0.3, 0.4) is 0 Å². The number of aryl methyl sites for hydroxylation is 2. The molecule has 2 N–H and O–H groups in total. The number of nitrogens with two attached hydrogens (primary N) is 1. The molecule has 0 saturated carbocycles. The van der Waals surface area contributed by atoms with Gasteiger partial charge in [0.25, 0.3) is 5.91 Å². The van der Waals surface area contributed by atoms with Gasteiger partial charge >= 0.3 is 5.97 Å². The minimum Gasteiger partial charge on any atom is -0.449 e. The largest absolute Gasteiger partial charge is 0.449 e. The van der Waals surface area contributed by atoms with Crippen molar-refractivity contribution < 1.29 is 14.3 Å². The standard InChI is InChI=1S/C18H20N2O3/c1-10-7-8-15-13(9-10)16(18(22)23-11(2)17(19)21)12-5-3-4-6-14(12)20-15/h7-9,11H,3-6H2,1-2H3,(H2,19,21). The van der Waals surface area contributed by atoms with E-state index in [2.05, 4.69) is 0 Å². The molecule has 1 aromatic carbocycles. The fraction of sp³-hybridized carbons (Fsp3) is 0.389. The summed E-state index contributed by atoms with van der Waals surface area (Å²) in [4.78, 5) is 28.6. The summed E-state index contributed by atoms with van der Waals surface area (Å²) in [6, 6.07) is 5.85. The van der Waals surface area contributed by atoms with E-state index in [0.29, 0.717) is 5.56 Å². The fourth-order valence-electron chi connectivity index (χ4n) is 3.05. The van der Waals surface area contributed by atoms with Gasteiger partial charge in [0, 0.05) is 11.1 Å². The number of benzene rings is 1. The van der Waals surface area contributed by atoms with Crippen molar-refractivity contribution in [1.29, 1.82) is 0 Å². The Kier molecular flexibility index (Phi) is 4.03. The van der Waals surface area contributed by atoms with Crippen LogP contribution in [0, 0.1) is 6.92 Å². The van der Waals surface area contributed by atoms with Crippen LogP contribution in [0.15, 0.2) is 18.2 Å². The maximum absolute atomic E-state index is 12.7. The summed E-state index contributed by atoms with van der Waals surface area (Å²) < 4.78 is 5.27. The first-order valence-electron chi connectivity index (χ1n) is 7.90. The van der Waals surface area contributed by atoms with Crippen molar-refractivity contribution in [3.8, 4) is 0 Å². The molecule has 5 nitrogen and oxygen atoms in total. The minimum absolute atomic E-state index is 0.493. The quantitative estimate of drug-likeness (QED) is 0.883. The highest BCUT2D eigenvalue weighted by molar-refractivity contribution is 6.06. The van der Waals surface area contributed by atoms with E-state index in [1.165, 1.54) is 6.92 Å². The van der Waals surface area contributed by atoms with Gasteiger partial charge in [-0.25, -0.2) is 4.79 Å². The molecule has 0 saturated heterocycles. The van der Waals surface area contributed by atoms with Crippen molar-refractivity contribution in [2.45, 2.75) is 45.6 Å². The molecule has 1 amide bonds. The Morgan fingerprint density at radius 3 is 2.74 bits per heavy atom. The molecule has 0 aliphatic heterocycles. The normalized spacial score (nSPS) is 15.0. The average molecular weight is 312 g/mol. The van der Waals surface area contributed by atoms with Crippen LogP contribution in [-0.4, -0.2) is 23.0 Å². The lowest BCUT2D eigenvalue weighted by molar-refractivity contribution is -0.125. The van der Waals surface area contributed by atoms with Gasteiger partial charge in [-0.2, -0.15) is 0 Å². The summed E-state index contributed by atoms with van der Waals surface area (Å²) in [5, 5.41) is 0.785.